The quantitative estimate of drug-likeness (QED) is 0.359. The number of carbonyl (C=O) groups excluding carboxylic acids is 1. The van der Waals surface area contributed by atoms with E-state index in [4.69, 9.17) is 4.74 Å². The molecule has 2 aromatic heterocycles. The van der Waals surface area contributed by atoms with E-state index in [1.165, 1.54) is 41.2 Å². The van der Waals surface area contributed by atoms with Crippen LogP contribution in [0.1, 0.15) is 17.0 Å². The van der Waals surface area contributed by atoms with Crippen molar-refractivity contribution in [2.75, 3.05) is 19.4 Å². The van der Waals surface area contributed by atoms with E-state index < -0.39 is 23.6 Å². The third-order valence-electron chi connectivity index (χ3n) is 5.10. The number of hydrogen-bond acceptors (Lipinski definition) is 5. The molecule has 0 fully saturated rings. The molecule has 4 aromatic rings. The molecular formula is C24H21F4N5O2. The zero-order valence-corrected chi connectivity index (χ0v) is 19.0. The van der Waals surface area contributed by atoms with Crippen LogP contribution in [0.3, 0.4) is 0 Å². The van der Waals surface area contributed by atoms with Crippen molar-refractivity contribution in [1.29, 1.82) is 0 Å². The van der Waals surface area contributed by atoms with E-state index in [-0.39, 0.29) is 28.2 Å². The number of ether oxygens (including phenoxy) is 1. The van der Waals surface area contributed by atoms with Crippen LogP contribution < -0.4 is 10.1 Å². The summed E-state index contributed by atoms with van der Waals surface area (Å²) in [7, 11) is 3.76. The molecule has 4 rings (SSSR count). The molecule has 0 bridgehead atoms. The van der Waals surface area contributed by atoms with Crippen molar-refractivity contribution in [3.63, 3.8) is 0 Å². The zero-order valence-electron chi connectivity index (χ0n) is 19.0. The monoisotopic (exact) mass is 487 g/mol. The van der Waals surface area contributed by atoms with Crippen LogP contribution >= 0.6 is 0 Å². The highest BCUT2D eigenvalue weighted by Gasteiger charge is 2.30. The summed E-state index contributed by atoms with van der Waals surface area (Å²) < 4.78 is 61.1. The number of amides is 1. The Hall–Kier alpha value is -3.99. The fraction of sp³-hybridized carbons (Fsp3) is 0.208. The first-order valence-electron chi connectivity index (χ1n) is 10.5. The number of alkyl halides is 3. The predicted octanol–water partition coefficient (Wildman–Crippen LogP) is 5.83. The minimum Gasteiger partial charge on any atom is -0.436 e. The normalized spacial score (nSPS) is 11.8. The number of halogens is 4. The number of rotatable bonds is 5. The van der Waals surface area contributed by atoms with Crippen LogP contribution in [0.25, 0.3) is 10.9 Å². The Morgan fingerprint density at radius 3 is 2.60 bits per heavy atom. The van der Waals surface area contributed by atoms with Crippen molar-refractivity contribution in [2.24, 2.45) is 0 Å². The van der Waals surface area contributed by atoms with E-state index >= 15 is 4.39 Å². The van der Waals surface area contributed by atoms with Crippen LogP contribution in [0.4, 0.5) is 28.0 Å². The van der Waals surface area contributed by atoms with Crippen molar-refractivity contribution < 1.29 is 27.1 Å². The molecule has 1 N–H and O–H groups in total. The van der Waals surface area contributed by atoms with Gasteiger partial charge >= 0.3 is 12.2 Å². The largest absolute Gasteiger partial charge is 0.436 e. The molecular weight excluding hydrogens is 466 g/mol. The van der Waals surface area contributed by atoms with E-state index in [1.807, 2.05) is 19.0 Å². The van der Waals surface area contributed by atoms with Gasteiger partial charge in [-0.15, -0.1) is 0 Å². The fourth-order valence-electron chi connectivity index (χ4n) is 3.62. The topological polar surface area (TPSA) is 72.3 Å². The van der Waals surface area contributed by atoms with Gasteiger partial charge in [0.05, 0.1) is 16.8 Å². The third kappa shape index (κ3) is 5.24. The number of fused-ring (bicyclic) bond motifs is 1. The van der Waals surface area contributed by atoms with Gasteiger partial charge < -0.3 is 15.0 Å². The molecule has 0 saturated heterocycles. The summed E-state index contributed by atoms with van der Waals surface area (Å²) in [5, 5.41) is 2.55. The molecule has 0 unspecified atom stereocenters. The summed E-state index contributed by atoms with van der Waals surface area (Å²) in [6, 6.07) is 9.46. The predicted molar refractivity (Wildman–Crippen MR) is 122 cm³/mol. The van der Waals surface area contributed by atoms with Gasteiger partial charge in [-0.05, 0) is 57.4 Å². The van der Waals surface area contributed by atoms with Crippen molar-refractivity contribution in [3.05, 3.63) is 77.6 Å². The molecule has 0 aliphatic heterocycles. The van der Waals surface area contributed by atoms with Crippen LogP contribution in [-0.4, -0.2) is 39.6 Å². The first kappa shape index (κ1) is 24.1. The SMILES string of the molecule is Cc1cc2c(F)c(Oc3cc(CN(C)C)ncn3)ccc2n1C(=O)Nc1cccc(C(F)(F)F)c1. The number of carbonyl (C=O) groups is 1. The van der Waals surface area contributed by atoms with Gasteiger partial charge in [-0.3, -0.25) is 4.57 Å². The Morgan fingerprint density at radius 2 is 1.89 bits per heavy atom. The van der Waals surface area contributed by atoms with Gasteiger partial charge in [0, 0.05) is 29.4 Å². The van der Waals surface area contributed by atoms with Crippen LogP contribution in [-0.2, 0) is 12.7 Å². The van der Waals surface area contributed by atoms with Gasteiger partial charge in [0.1, 0.15) is 6.33 Å². The summed E-state index contributed by atoms with van der Waals surface area (Å²) in [6.07, 6.45) is -3.23. The molecule has 0 spiro atoms. The number of aromatic nitrogens is 3. The van der Waals surface area contributed by atoms with E-state index in [1.54, 1.807) is 13.0 Å². The number of hydrogen-bond donors (Lipinski definition) is 1. The molecule has 0 aliphatic carbocycles. The molecule has 35 heavy (non-hydrogen) atoms. The Morgan fingerprint density at radius 1 is 1.11 bits per heavy atom. The molecule has 0 atom stereocenters. The molecule has 0 aliphatic rings. The number of nitrogens with one attached hydrogen (secondary N) is 1. The van der Waals surface area contributed by atoms with Gasteiger partial charge in [0.25, 0.3) is 0 Å². The van der Waals surface area contributed by atoms with Gasteiger partial charge in [-0.25, -0.2) is 19.2 Å². The highest BCUT2D eigenvalue weighted by atomic mass is 19.4. The molecule has 7 nitrogen and oxygen atoms in total. The Kier molecular flexibility index (Phi) is 6.44. The minimum atomic E-state index is -4.55. The summed E-state index contributed by atoms with van der Waals surface area (Å²) >= 11 is 0. The lowest BCUT2D eigenvalue weighted by Crippen LogP contribution is -2.20. The molecule has 2 aromatic carbocycles. The maximum absolute atomic E-state index is 15.3. The first-order valence-corrected chi connectivity index (χ1v) is 10.5. The fourth-order valence-corrected chi connectivity index (χ4v) is 3.62. The Balaban J connectivity index is 1.62. The molecule has 0 saturated carbocycles. The first-order chi connectivity index (χ1) is 16.5. The molecule has 0 radical (unpaired) electrons. The van der Waals surface area contributed by atoms with Crippen molar-refractivity contribution in [1.82, 2.24) is 19.4 Å². The minimum absolute atomic E-state index is 0.0382. The average molecular weight is 487 g/mol. The molecule has 1 amide bonds. The van der Waals surface area contributed by atoms with Crippen molar-refractivity contribution >= 4 is 22.6 Å². The second-order valence-corrected chi connectivity index (χ2v) is 8.13. The second kappa shape index (κ2) is 9.34. The third-order valence-corrected chi connectivity index (χ3v) is 5.10. The van der Waals surface area contributed by atoms with Gasteiger partial charge in [-0.1, -0.05) is 6.07 Å². The van der Waals surface area contributed by atoms with Gasteiger partial charge in [0.15, 0.2) is 11.6 Å². The Bertz CT molecular complexity index is 1400. The van der Waals surface area contributed by atoms with Gasteiger partial charge in [-0.2, -0.15) is 13.2 Å². The Labute approximate surface area is 198 Å². The maximum Gasteiger partial charge on any atom is 0.416 e. The summed E-state index contributed by atoms with van der Waals surface area (Å²) in [4.78, 5) is 23.0. The molecule has 11 heteroatoms. The lowest BCUT2D eigenvalue weighted by Gasteiger charge is -2.12. The lowest BCUT2D eigenvalue weighted by molar-refractivity contribution is -0.137. The number of anilines is 1. The highest BCUT2D eigenvalue weighted by molar-refractivity contribution is 6.00. The smallest absolute Gasteiger partial charge is 0.416 e. The van der Waals surface area contributed by atoms with E-state index in [9.17, 15) is 18.0 Å². The summed E-state index contributed by atoms with van der Waals surface area (Å²) in [5.41, 5.74) is 0.373. The van der Waals surface area contributed by atoms with Crippen LogP contribution in [0, 0.1) is 12.7 Å². The van der Waals surface area contributed by atoms with E-state index in [2.05, 4.69) is 15.3 Å². The van der Waals surface area contributed by atoms with E-state index in [0.29, 0.717) is 17.9 Å². The summed E-state index contributed by atoms with van der Waals surface area (Å²) in [6.45, 7) is 2.13. The zero-order chi connectivity index (χ0) is 25.3. The number of aryl methyl sites for hydroxylation is 1. The summed E-state index contributed by atoms with van der Waals surface area (Å²) in [5.74, 6) is -0.639. The number of benzene rings is 2. The van der Waals surface area contributed by atoms with Crippen LogP contribution in [0.15, 0.2) is 54.9 Å². The maximum atomic E-state index is 15.3. The standard InChI is InChI=1S/C24H21F4N5O2/c1-14-9-18-19(33(14)23(34)31-16-6-4-5-15(10-16)24(26,27)28)7-8-20(22(18)25)35-21-11-17(12-32(2)3)29-13-30-21/h4-11,13H,12H2,1-3H3,(H,31,34). The lowest BCUT2D eigenvalue weighted by atomic mass is 10.2. The molecule has 182 valence electrons. The van der Waals surface area contributed by atoms with Crippen molar-refractivity contribution in [2.45, 2.75) is 19.6 Å². The number of nitrogens with zero attached hydrogens (tertiary/aromatic N) is 4. The molecule has 2 heterocycles. The van der Waals surface area contributed by atoms with Gasteiger partial charge in [0.2, 0.25) is 5.88 Å². The van der Waals surface area contributed by atoms with Crippen molar-refractivity contribution in [3.8, 4) is 11.6 Å². The van der Waals surface area contributed by atoms with Crippen LogP contribution in [0.5, 0.6) is 11.6 Å². The van der Waals surface area contributed by atoms with Crippen LogP contribution in [0.2, 0.25) is 0 Å². The van der Waals surface area contributed by atoms with E-state index in [0.717, 1.165) is 12.1 Å². The highest BCUT2D eigenvalue weighted by Crippen LogP contribution is 2.33. The average Bonchev–Trinajstić information content (AvgIpc) is 3.12. The second-order valence-electron chi connectivity index (χ2n) is 8.13.